The van der Waals surface area contributed by atoms with Gasteiger partial charge in [-0.25, -0.2) is 8.42 Å². The van der Waals surface area contributed by atoms with Crippen LogP contribution >= 0.6 is 34.8 Å². The largest absolute Gasteiger partial charge is 0.357 e. The van der Waals surface area contributed by atoms with Gasteiger partial charge in [-0.1, -0.05) is 77.3 Å². The Morgan fingerprint density at radius 3 is 2.14 bits per heavy atom. The zero-order valence-electron chi connectivity index (χ0n) is 20.2. The van der Waals surface area contributed by atoms with Gasteiger partial charge in [-0.05, 0) is 41.5 Å². The Hall–Kier alpha value is -2.78. The number of nitrogens with one attached hydrogen (secondary N) is 1. The predicted octanol–water partition coefficient (Wildman–Crippen LogP) is 4.80. The van der Waals surface area contributed by atoms with Gasteiger partial charge >= 0.3 is 0 Å². The van der Waals surface area contributed by atoms with Crippen LogP contribution in [-0.4, -0.2) is 51.0 Å². The topological polar surface area (TPSA) is 86.8 Å². The van der Waals surface area contributed by atoms with E-state index in [1.54, 1.807) is 24.3 Å². The number of hydrogen-bond acceptors (Lipinski definition) is 4. The van der Waals surface area contributed by atoms with Crippen LogP contribution in [0, 0.1) is 0 Å². The molecule has 3 aromatic rings. The molecular formula is C26H26Cl3N3O4S. The highest BCUT2D eigenvalue weighted by atomic mass is 35.5. The predicted molar refractivity (Wildman–Crippen MR) is 149 cm³/mol. The Labute approximate surface area is 232 Å². The lowest BCUT2D eigenvalue weighted by molar-refractivity contribution is -0.139. The van der Waals surface area contributed by atoms with Crippen LogP contribution < -0.4 is 9.62 Å². The van der Waals surface area contributed by atoms with E-state index in [1.165, 1.54) is 30.1 Å². The summed E-state index contributed by atoms with van der Waals surface area (Å²) in [5.74, 6) is -0.990. The first-order valence-corrected chi connectivity index (χ1v) is 14.2. The molecule has 1 atom stereocenters. The van der Waals surface area contributed by atoms with E-state index in [4.69, 9.17) is 34.8 Å². The van der Waals surface area contributed by atoms with E-state index >= 15 is 0 Å². The number of carbonyl (C=O) groups excluding carboxylic acids is 2. The van der Waals surface area contributed by atoms with Crippen LogP contribution in [0.1, 0.15) is 11.1 Å². The summed E-state index contributed by atoms with van der Waals surface area (Å²) in [6.07, 6.45) is 1.19. The van der Waals surface area contributed by atoms with Crippen molar-refractivity contribution in [3.05, 3.63) is 99.0 Å². The highest BCUT2D eigenvalue weighted by Crippen LogP contribution is 2.30. The van der Waals surface area contributed by atoms with Crippen molar-refractivity contribution < 1.29 is 18.0 Å². The normalized spacial score (nSPS) is 12.0. The fraction of sp³-hybridized carbons (Fsp3) is 0.231. The van der Waals surface area contributed by atoms with E-state index in [-0.39, 0.29) is 23.7 Å². The molecule has 1 unspecified atom stereocenters. The van der Waals surface area contributed by atoms with Crippen LogP contribution in [0.4, 0.5) is 5.69 Å². The van der Waals surface area contributed by atoms with Gasteiger partial charge in [0, 0.05) is 30.1 Å². The third-order valence-corrected chi connectivity index (χ3v) is 7.52. The third kappa shape index (κ3) is 7.85. The first kappa shape index (κ1) is 28.8. The van der Waals surface area contributed by atoms with Crippen molar-refractivity contribution in [3.8, 4) is 0 Å². The molecule has 0 saturated carbocycles. The number of rotatable bonds is 10. The van der Waals surface area contributed by atoms with Gasteiger partial charge in [0.25, 0.3) is 0 Å². The molecule has 0 aliphatic rings. The number of hydrogen-bond donors (Lipinski definition) is 1. The molecule has 3 aromatic carbocycles. The average Bonchev–Trinajstić information content (AvgIpc) is 2.84. The Balaban J connectivity index is 2.05. The lowest BCUT2D eigenvalue weighted by Gasteiger charge is -2.33. The number of anilines is 1. The van der Waals surface area contributed by atoms with Crippen LogP contribution in [0.2, 0.25) is 15.1 Å². The summed E-state index contributed by atoms with van der Waals surface area (Å²) in [4.78, 5) is 28.3. The molecule has 0 heterocycles. The molecule has 37 heavy (non-hydrogen) atoms. The van der Waals surface area contributed by atoms with Gasteiger partial charge in [0.2, 0.25) is 21.8 Å². The van der Waals surface area contributed by atoms with E-state index < -0.39 is 34.4 Å². The lowest BCUT2D eigenvalue weighted by atomic mass is 10.0. The standard InChI is InChI=1S/C26H26Cl3N3O4S/c1-30-26(34)24(14-18-7-4-3-5-8-18)31(16-19-9-6-10-20(27)13-19)25(33)17-32(37(2,35)36)23-12-11-21(28)15-22(23)29/h3-13,15,24H,14,16-17H2,1-2H3,(H,30,34). The Kier molecular flexibility index (Phi) is 9.84. The second kappa shape index (κ2) is 12.6. The summed E-state index contributed by atoms with van der Waals surface area (Å²) in [6, 6.07) is 19.5. The zero-order chi connectivity index (χ0) is 27.2. The molecule has 1 N–H and O–H groups in total. The van der Waals surface area contributed by atoms with E-state index in [0.717, 1.165) is 16.1 Å². The molecule has 7 nitrogen and oxygen atoms in total. The molecule has 0 aromatic heterocycles. The lowest BCUT2D eigenvalue weighted by Crippen LogP contribution is -2.52. The maximum atomic E-state index is 13.8. The second-order valence-corrected chi connectivity index (χ2v) is 11.5. The Morgan fingerprint density at radius 1 is 0.892 bits per heavy atom. The van der Waals surface area contributed by atoms with Gasteiger partial charge < -0.3 is 10.2 Å². The minimum atomic E-state index is -3.94. The third-order valence-electron chi connectivity index (χ3n) is 5.62. The van der Waals surface area contributed by atoms with Crippen molar-refractivity contribution in [1.82, 2.24) is 10.2 Å². The molecule has 0 spiro atoms. The van der Waals surface area contributed by atoms with Gasteiger partial charge in [0.05, 0.1) is 17.0 Å². The fourth-order valence-corrected chi connectivity index (χ4v) is 5.47. The summed E-state index contributed by atoms with van der Waals surface area (Å²) < 4.78 is 26.4. The van der Waals surface area contributed by atoms with Crippen LogP contribution in [0.3, 0.4) is 0 Å². The zero-order valence-corrected chi connectivity index (χ0v) is 23.3. The van der Waals surface area contributed by atoms with Crippen molar-refractivity contribution in [1.29, 1.82) is 0 Å². The summed E-state index contributed by atoms with van der Waals surface area (Å²) >= 11 is 18.4. The first-order valence-electron chi connectivity index (χ1n) is 11.2. The van der Waals surface area contributed by atoms with Gasteiger partial charge in [-0.2, -0.15) is 0 Å². The summed E-state index contributed by atoms with van der Waals surface area (Å²) in [6.45, 7) is -0.556. The summed E-state index contributed by atoms with van der Waals surface area (Å²) in [5.41, 5.74) is 1.61. The molecule has 0 bridgehead atoms. The van der Waals surface area contributed by atoms with Crippen molar-refractivity contribution >= 4 is 62.3 Å². The van der Waals surface area contributed by atoms with Crippen molar-refractivity contribution in [2.75, 3.05) is 24.2 Å². The van der Waals surface area contributed by atoms with Crippen LogP contribution in [-0.2, 0) is 32.6 Å². The molecule has 0 radical (unpaired) electrons. The average molecular weight is 583 g/mol. The molecule has 3 rings (SSSR count). The second-order valence-electron chi connectivity index (χ2n) is 8.34. The molecule has 0 saturated heterocycles. The number of benzene rings is 3. The molecule has 0 fully saturated rings. The minimum absolute atomic E-state index is 0.0241. The maximum absolute atomic E-state index is 13.8. The molecule has 196 valence electrons. The Morgan fingerprint density at radius 2 is 1.54 bits per heavy atom. The number of sulfonamides is 1. The molecule has 2 amide bonds. The molecule has 0 aliphatic carbocycles. The highest BCUT2D eigenvalue weighted by molar-refractivity contribution is 7.92. The fourth-order valence-electron chi connectivity index (χ4n) is 3.83. The van der Waals surface area contributed by atoms with Gasteiger partial charge in [-0.3, -0.25) is 13.9 Å². The number of amides is 2. The van der Waals surface area contributed by atoms with E-state index in [0.29, 0.717) is 15.6 Å². The quantitative estimate of drug-likeness (QED) is 0.372. The van der Waals surface area contributed by atoms with Gasteiger partial charge in [-0.15, -0.1) is 0 Å². The summed E-state index contributed by atoms with van der Waals surface area (Å²) in [7, 11) is -2.45. The number of halogens is 3. The van der Waals surface area contributed by atoms with Crippen molar-refractivity contribution in [3.63, 3.8) is 0 Å². The summed E-state index contributed by atoms with van der Waals surface area (Å²) in [5, 5.41) is 3.48. The van der Waals surface area contributed by atoms with Crippen LogP contribution in [0.5, 0.6) is 0 Å². The minimum Gasteiger partial charge on any atom is -0.357 e. The SMILES string of the molecule is CNC(=O)C(Cc1ccccc1)N(Cc1cccc(Cl)c1)C(=O)CN(c1ccc(Cl)cc1Cl)S(C)(=O)=O. The number of likely N-dealkylation sites (N-methyl/N-ethyl adjacent to an activating group) is 1. The van der Waals surface area contributed by atoms with Crippen LogP contribution in [0.15, 0.2) is 72.8 Å². The van der Waals surface area contributed by atoms with Crippen LogP contribution in [0.25, 0.3) is 0 Å². The highest BCUT2D eigenvalue weighted by Gasteiger charge is 2.33. The van der Waals surface area contributed by atoms with Gasteiger partial charge in [0.15, 0.2) is 0 Å². The Bertz CT molecular complexity index is 1370. The van der Waals surface area contributed by atoms with Gasteiger partial charge in [0.1, 0.15) is 12.6 Å². The number of nitrogens with zero attached hydrogens (tertiary/aromatic N) is 2. The molecule has 11 heteroatoms. The number of carbonyl (C=O) groups is 2. The monoisotopic (exact) mass is 581 g/mol. The maximum Gasteiger partial charge on any atom is 0.244 e. The molecular weight excluding hydrogens is 557 g/mol. The van der Waals surface area contributed by atoms with Crippen molar-refractivity contribution in [2.24, 2.45) is 0 Å². The smallest absolute Gasteiger partial charge is 0.244 e. The van der Waals surface area contributed by atoms with E-state index in [9.17, 15) is 18.0 Å². The van der Waals surface area contributed by atoms with E-state index in [1.807, 2.05) is 30.3 Å². The van der Waals surface area contributed by atoms with E-state index in [2.05, 4.69) is 5.32 Å². The van der Waals surface area contributed by atoms with Crippen molar-refractivity contribution in [2.45, 2.75) is 19.0 Å². The molecule has 0 aliphatic heterocycles. The first-order chi connectivity index (χ1) is 17.5.